The van der Waals surface area contributed by atoms with Crippen LogP contribution in [0.1, 0.15) is 31.7 Å². The zero-order valence-electron chi connectivity index (χ0n) is 17.2. The van der Waals surface area contributed by atoms with Gasteiger partial charge in [-0.05, 0) is 30.9 Å². The first kappa shape index (κ1) is 18.6. The molecule has 0 spiro atoms. The number of fused-ring (bicyclic) bond motifs is 3. The lowest BCUT2D eigenvalue weighted by Crippen LogP contribution is -2.45. The van der Waals surface area contributed by atoms with E-state index >= 15 is 0 Å². The number of Topliss-reactive ketones (excluding diaryl/α,β-unsaturated/α-hetero) is 1. The number of carbonyl (C=O) groups is 1. The number of rotatable bonds is 2. The summed E-state index contributed by atoms with van der Waals surface area (Å²) in [5.74, 6) is 0.849. The minimum atomic E-state index is -0.435. The maximum Gasteiger partial charge on any atom is 0.176 e. The smallest absolute Gasteiger partial charge is 0.176 e. The Hall–Kier alpha value is -3.45. The van der Waals surface area contributed by atoms with Gasteiger partial charge in [-0.15, -0.1) is 0 Å². The van der Waals surface area contributed by atoms with Gasteiger partial charge >= 0.3 is 0 Å². The fourth-order valence-corrected chi connectivity index (χ4v) is 5.35. The Bertz CT molecular complexity index is 1200. The van der Waals surface area contributed by atoms with Crippen molar-refractivity contribution < 1.29 is 4.79 Å². The lowest BCUT2D eigenvalue weighted by molar-refractivity contribution is -0.121. The van der Waals surface area contributed by atoms with Crippen LogP contribution in [-0.2, 0) is 16.6 Å². The maximum absolute atomic E-state index is 12.7. The second-order valence-corrected chi connectivity index (χ2v) is 8.52. The Kier molecular flexibility index (Phi) is 4.22. The summed E-state index contributed by atoms with van der Waals surface area (Å²) in [5.41, 5.74) is 4.14. The van der Waals surface area contributed by atoms with Gasteiger partial charge in [0.05, 0.1) is 11.3 Å². The van der Waals surface area contributed by atoms with E-state index in [-0.39, 0.29) is 23.2 Å². The maximum atomic E-state index is 12.7. The molecule has 2 aliphatic rings. The van der Waals surface area contributed by atoms with Crippen LogP contribution >= 0.6 is 0 Å². The standard InChI is InChI=1S/C26H23N3O/c1-17-21-13-14-22-24(26(21,2)15-19(16-27)23(17)30)28-25(18-9-5-3-6-10-18)29(22)20-11-7-4-8-12-20/h3-12,15,17,21H,13-14H2,1-2H3/t17-,21-,26-/m0/s1. The van der Waals surface area contributed by atoms with Crippen LogP contribution in [0.25, 0.3) is 17.1 Å². The third-order valence-electron chi connectivity index (χ3n) is 6.84. The van der Waals surface area contributed by atoms with Crippen molar-refractivity contribution in [2.75, 3.05) is 0 Å². The molecule has 148 valence electrons. The van der Waals surface area contributed by atoms with Crippen LogP contribution in [0.5, 0.6) is 0 Å². The van der Waals surface area contributed by atoms with Gasteiger partial charge in [0, 0.05) is 28.3 Å². The van der Waals surface area contributed by atoms with Crippen LogP contribution in [0, 0.1) is 23.2 Å². The lowest BCUT2D eigenvalue weighted by Gasteiger charge is -2.44. The van der Waals surface area contributed by atoms with Gasteiger partial charge in [-0.2, -0.15) is 5.26 Å². The third-order valence-corrected chi connectivity index (χ3v) is 6.84. The molecular formula is C26H23N3O. The number of benzene rings is 2. The average molecular weight is 393 g/mol. The van der Waals surface area contributed by atoms with E-state index in [0.717, 1.165) is 35.6 Å². The van der Waals surface area contributed by atoms with Crippen LogP contribution in [-0.4, -0.2) is 15.3 Å². The van der Waals surface area contributed by atoms with E-state index < -0.39 is 5.41 Å². The number of imidazole rings is 1. The number of aromatic nitrogens is 2. The minimum Gasteiger partial charge on any atom is -0.296 e. The predicted molar refractivity (Wildman–Crippen MR) is 116 cm³/mol. The highest BCUT2D eigenvalue weighted by molar-refractivity contribution is 6.02. The number of nitrogens with zero attached hydrogens (tertiary/aromatic N) is 3. The van der Waals surface area contributed by atoms with Gasteiger partial charge in [-0.1, -0.05) is 68.5 Å². The van der Waals surface area contributed by atoms with Gasteiger partial charge in [0.1, 0.15) is 11.9 Å². The summed E-state index contributed by atoms with van der Waals surface area (Å²) in [6, 6.07) is 22.7. The normalized spacial score (nSPS) is 25.1. The van der Waals surface area contributed by atoms with Crippen molar-refractivity contribution in [1.82, 2.24) is 9.55 Å². The van der Waals surface area contributed by atoms with Gasteiger partial charge in [0.25, 0.3) is 0 Å². The Morgan fingerprint density at radius 2 is 1.77 bits per heavy atom. The van der Waals surface area contributed by atoms with Gasteiger partial charge < -0.3 is 0 Å². The molecule has 0 radical (unpaired) electrons. The first-order valence-corrected chi connectivity index (χ1v) is 10.4. The fourth-order valence-electron chi connectivity index (χ4n) is 5.35. The zero-order valence-corrected chi connectivity index (χ0v) is 17.2. The summed E-state index contributed by atoms with van der Waals surface area (Å²) in [6.45, 7) is 4.11. The summed E-state index contributed by atoms with van der Waals surface area (Å²) in [6.07, 6.45) is 3.64. The first-order valence-electron chi connectivity index (χ1n) is 10.4. The van der Waals surface area contributed by atoms with Crippen LogP contribution in [0.3, 0.4) is 0 Å². The van der Waals surface area contributed by atoms with E-state index in [0.29, 0.717) is 0 Å². The van der Waals surface area contributed by atoms with Crippen molar-refractivity contribution in [2.45, 2.75) is 32.1 Å². The molecule has 0 saturated carbocycles. The minimum absolute atomic E-state index is 0.0331. The predicted octanol–water partition coefficient (Wildman–Crippen LogP) is 5.03. The lowest BCUT2D eigenvalue weighted by atomic mass is 9.58. The molecule has 2 aliphatic carbocycles. The number of carbonyl (C=O) groups excluding carboxylic acids is 1. The summed E-state index contributed by atoms with van der Waals surface area (Å²) in [7, 11) is 0. The molecule has 0 unspecified atom stereocenters. The Morgan fingerprint density at radius 3 is 2.43 bits per heavy atom. The Morgan fingerprint density at radius 1 is 1.10 bits per heavy atom. The Balaban J connectivity index is 1.80. The summed E-state index contributed by atoms with van der Waals surface area (Å²) >= 11 is 0. The molecule has 0 N–H and O–H groups in total. The second kappa shape index (κ2) is 6.81. The highest BCUT2D eigenvalue weighted by atomic mass is 16.1. The highest BCUT2D eigenvalue weighted by Gasteiger charge is 2.50. The van der Waals surface area contributed by atoms with Crippen LogP contribution in [0.2, 0.25) is 0 Å². The quantitative estimate of drug-likeness (QED) is 0.614. The van der Waals surface area contributed by atoms with E-state index in [2.05, 4.69) is 41.8 Å². The average Bonchev–Trinajstić information content (AvgIpc) is 3.18. The second-order valence-electron chi connectivity index (χ2n) is 8.52. The summed E-state index contributed by atoms with van der Waals surface area (Å²) in [4.78, 5) is 17.8. The van der Waals surface area contributed by atoms with Crippen LogP contribution in [0.15, 0.2) is 72.3 Å². The topological polar surface area (TPSA) is 58.7 Å². The molecule has 0 aliphatic heterocycles. The number of hydrogen-bond donors (Lipinski definition) is 0. The molecule has 3 aromatic rings. The molecule has 0 saturated heterocycles. The van der Waals surface area contributed by atoms with E-state index in [9.17, 15) is 10.1 Å². The van der Waals surface area contributed by atoms with E-state index in [4.69, 9.17) is 4.98 Å². The van der Waals surface area contributed by atoms with Crippen molar-refractivity contribution in [3.63, 3.8) is 0 Å². The number of ketones is 1. The monoisotopic (exact) mass is 393 g/mol. The number of nitriles is 1. The van der Waals surface area contributed by atoms with Crippen LogP contribution < -0.4 is 0 Å². The first-order chi connectivity index (χ1) is 14.5. The molecule has 30 heavy (non-hydrogen) atoms. The van der Waals surface area contributed by atoms with Gasteiger partial charge in [-0.25, -0.2) is 4.98 Å². The highest BCUT2D eigenvalue weighted by Crippen LogP contribution is 2.50. The Labute approximate surface area is 176 Å². The molecule has 4 heteroatoms. The van der Waals surface area contributed by atoms with Crippen molar-refractivity contribution in [3.05, 3.63) is 83.7 Å². The number of hydrogen-bond acceptors (Lipinski definition) is 3. The van der Waals surface area contributed by atoms with Crippen molar-refractivity contribution in [3.8, 4) is 23.1 Å². The molecule has 1 aromatic heterocycles. The molecule has 5 rings (SSSR count). The van der Waals surface area contributed by atoms with Gasteiger partial charge in [0.15, 0.2) is 5.78 Å². The fraction of sp³-hybridized carbons (Fsp3) is 0.269. The molecule has 1 heterocycles. The molecule has 4 nitrogen and oxygen atoms in total. The molecule has 0 fully saturated rings. The molecular weight excluding hydrogens is 370 g/mol. The molecule has 0 bridgehead atoms. The molecule has 2 aromatic carbocycles. The zero-order chi connectivity index (χ0) is 20.9. The number of allylic oxidation sites excluding steroid dienone is 2. The van der Waals surface area contributed by atoms with Crippen molar-refractivity contribution >= 4 is 5.78 Å². The van der Waals surface area contributed by atoms with E-state index in [1.807, 2.05) is 49.4 Å². The summed E-state index contributed by atoms with van der Waals surface area (Å²) in [5, 5.41) is 9.58. The van der Waals surface area contributed by atoms with Gasteiger partial charge in [0.2, 0.25) is 0 Å². The van der Waals surface area contributed by atoms with Crippen LogP contribution in [0.4, 0.5) is 0 Å². The van der Waals surface area contributed by atoms with Crippen molar-refractivity contribution in [1.29, 1.82) is 5.26 Å². The number of para-hydroxylation sites is 1. The summed E-state index contributed by atoms with van der Waals surface area (Å²) < 4.78 is 2.26. The SMILES string of the molecule is C[C@@H]1C(=O)C(C#N)=C[C@]2(C)c3nc(-c4ccccc4)n(-c4ccccc4)c3CC[C@@H]12. The third kappa shape index (κ3) is 2.59. The molecule has 3 atom stereocenters. The van der Waals surface area contributed by atoms with Gasteiger partial charge in [-0.3, -0.25) is 9.36 Å². The molecule has 0 amide bonds. The van der Waals surface area contributed by atoms with E-state index in [1.54, 1.807) is 0 Å². The van der Waals surface area contributed by atoms with E-state index in [1.165, 1.54) is 5.69 Å². The largest absolute Gasteiger partial charge is 0.296 e. The van der Waals surface area contributed by atoms with Crippen molar-refractivity contribution in [2.24, 2.45) is 11.8 Å².